The fourth-order valence-electron chi connectivity index (χ4n) is 3.88. The standard InChI is InChI=1S/C16H30N2O/c1-15(2)13(16(15,3)4)14(19)18-11-7-6-8-12(18)9-10-17-5/h12-13,17H,6-11H2,1-5H3. The Morgan fingerprint density at radius 2 is 1.84 bits per heavy atom. The summed E-state index contributed by atoms with van der Waals surface area (Å²) in [5.41, 5.74) is 0.324. The molecule has 0 spiro atoms. The number of hydrogen-bond acceptors (Lipinski definition) is 2. The molecule has 19 heavy (non-hydrogen) atoms. The molecule has 1 saturated carbocycles. The molecule has 1 amide bonds. The molecule has 0 aromatic rings. The molecular weight excluding hydrogens is 236 g/mol. The van der Waals surface area contributed by atoms with Crippen LogP contribution in [-0.4, -0.2) is 37.0 Å². The molecule has 1 heterocycles. The van der Waals surface area contributed by atoms with Gasteiger partial charge in [0.15, 0.2) is 0 Å². The number of carbonyl (C=O) groups excluding carboxylic acids is 1. The second kappa shape index (κ2) is 5.08. The summed E-state index contributed by atoms with van der Waals surface area (Å²) in [6.07, 6.45) is 4.72. The highest BCUT2D eigenvalue weighted by Crippen LogP contribution is 2.69. The van der Waals surface area contributed by atoms with Gasteiger partial charge in [-0.2, -0.15) is 0 Å². The highest BCUT2D eigenvalue weighted by molar-refractivity contribution is 5.84. The van der Waals surface area contributed by atoms with E-state index in [4.69, 9.17) is 0 Å². The lowest BCUT2D eigenvalue weighted by atomic mass is 9.97. The predicted molar refractivity (Wildman–Crippen MR) is 78.9 cm³/mol. The van der Waals surface area contributed by atoms with Crippen LogP contribution in [0.5, 0.6) is 0 Å². The molecule has 0 aromatic carbocycles. The van der Waals surface area contributed by atoms with E-state index in [1.807, 2.05) is 7.05 Å². The van der Waals surface area contributed by atoms with Crippen molar-refractivity contribution >= 4 is 5.91 Å². The fraction of sp³-hybridized carbons (Fsp3) is 0.938. The van der Waals surface area contributed by atoms with Crippen LogP contribution < -0.4 is 5.32 Å². The van der Waals surface area contributed by atoms with E-state index in [0.717, 1.165) is 19.5 Å². The number of nitrogens with zero attached hydrogens (tertiary/aromatic N) is 1. The Balaban J connectivity index is 2.05. The number of amides is 1. The van der Waals surface area contributed by atoms with Crippen LogP contribution in [0.1, 0.15) is 53.4 Å². The topological polar surface area (TPSA) is 32.3 Å². The summed E-state index contributed by atoms with van der Waals surface area (Å²) >= 11 is 0. The molecule has 0 radical (unpaired) electrons. The maximum atomic E-state index is 12.9. The van der Waals surface area contributed by atoms with Crippen LogP contribution in [0.15, 0.2) is 0 Å². The molecule has 1 aliphatic carbocycles. The number of hydrogen-bond donors (Lipinski definition) is 1. The van der Waals surface area contributed by atoms with E-state index in [0.29, 0.717) is 11.9 Å². The average molecular weight is 266 g/mol. The predicted octanol–water partition coefficient (Wildman–Crippen LogP) is 2.66. The molecule has 1 atom stereocenters. The lowest BCUT2D eigenvalue weighted by Crippen LogP contribution is -2.46. The Bertz CT molecular complexity index is 335. The van der Waals surface area contributed by atoms with Crippen molar-refractivity contribution in [1.82, 2.24) is 10.2 Å². The zero-order valence-corrected chi connectivity index (χ0v) is 13.3. The molecule has 1 N–H and O–H groups in total. The zero-order valence-electron chi connectivity index (χ0n) is 13.3. The minimum atomic E-state index is 0.162. The molecular formula is C16H30N2O. The summed E-state index contributed by atoms with van der Waals surface area (Å²) in [6, 6.07) is 0.459. The summed E-state index contributed by atoms with van der Waals surface area (Å²) in [4.78, 5) is 15.1. The minimum Gasteiger partial charge on any atom is -0.339 e. The first-order valence-corrected chi connectivity index (χ1v) is 7.79. The largest absolute Gasteiger partial charge is 0.339 e. The quantitative estimate of drug-likeness (QED) is 0.848. The van der Waals surface area contributed by atoms with Gasteiger partial charge >= 0.3 is 0 Å². The third kappa shape index (κ3) is 2.42. The first-order valence-electron chi connectivity index (χ1n) is 7.79. The molecule has 0 bridgehead atoms. The van der Waals surface area contributed by atoms with Crippen LogP contribution in [0.4, 0.5) is 0 Å². The lowest BCUT2D eigenvalue weighted by molar-refractivity contribution is -0.137. The normalized spacial score (nSPS) is 29.3. The SMILES string of the molecule is CNCCC1CCCCN1C(=O)C1C(C)(C)C1(C)C. The summed E-state index contributed by atoms with van der Waals surface area (Å²) in [6.45, 7) is 10.9. The highest BCUT2D eigenvalue weighted by Gasteiger charge is 2.69. The van der Waals surface area contributed by atoms with Crippen LogP contribution in [0.25, 0.3) is 0 Å². The molecule has 2 fully saturated rings. The zero-order chi connectivity index (χ0) is 14.3. The van der Waals surface area contributed by atoms with E-state index in [-0.39, 0.29) is 16.7 Å². The van der Waals surface area contributed by atoms with E-state index < -0.39 is 0 Å². The van der Waals surface area contributed by atoms with Crippen LogP contribution in [0, 0.1) is 16.7 Å². The third-order valence-electron chi connectivity index (χ3n) is 5.91. The van der Waals surface area contributed by atoms with Gasteiger partial charge in [0, 0.05) is 18.5 Å². The van der Waals surface area contributed by atoms with E-state index in [1.54, 1.807) is 0 Å². The van der Waals surface area contributed by atoms with Crippen molar-refractivity contribution in [2.75, 3.05) is 20.1 Å². The first kappa shape index (κ1) is 14.8. The van der Waals surface area contributed by atoms with Gasteiger partial charge in [0.2, 0.25) is 5.91 Å². The van der Waals surface area contributed by atoms with Crippen molar-refractivity contribution in [3.63, 3.8) is 0 Å². The van der Waals surface area contributed by atoms with Crippen molar-refractivity contribution in [3.8, 4) is 0 Å². The summed E-state index contributed by atoms with van der Waals surface area (Å²) < 4.78 is 0. The van der Waals surface area contributed by atoms with E-state index in [9.17, 15) is 4.79 Å². The molecule has 2 rings (SSSR count). The molecule has 0 aromatic heterocycles. The van der Waals surface area contributed by atoms with Crippen LogP contribution in [-0.2, 0) is 4.79 Å². The van der Waals surface area contributed by atoms with E-state index in [2.05, 4.69) is 37.9 Å². The van der Waals surface area contributed by atoms with Crippen LogP contribution in [0.3, 0.4) is 0 Å². The molecule has 3 heteroatoms. The minimum absolute atomic E-state index is 0.162. The maximum absolute atomic E-state index is 12.9. The van der Waals surface area contributed by atoms with Crippen molar-refractivity contribution < 1.29 is 4.79 Å². The van der Waals surface area contributed by atoms with Crippen molar-refractivity contribution in [2.45, 2.75) is 59.4 Å². The Morgan fingerprint density at radius 1 is 1.21 bits per heavy atom. The Kier molecular flexibility index (Phi) is 3.97. The van der Waals surface area contributed by atoms with Gasteiger partial charge in [-0.05, 0) is 50.1 Å². The van der Waals surface area contributed by atoms with Crippen molar-refractivity contribution in [2.24, 2.45) is 16.7 Å². The molecule has 1 aliphatic heterocycles. The van der Waals surface area contributed by atoms with E-state index in [1.165, 1.54) is 19.3 Å². The van der Waals surface area contributed by atoms with Crippen LogP contribution in [0.2, 0.25) is 0 Å². The molecule has 2 aliphatic rings. The van der Waals surface area contributed by atoms with Gasteiger partial charge < -0.3 is 10.2 Å². The second-order valence-electron chi connectivity index (χ2n) is 7.45. The van der Waals surface area contributed by atoms with Gasteiger partial charge in [-0.25, -0.2) is 0 Å². The van der Waals surface area contributed by atoms with Gasteiger partial charge in [0.05, 0.1) is 0 Å². The van der Waals surface area contributed by atoms with Gasteiger partial charge in [0.25, 0.3) is 0 Å². The number of likely N-dealkylation sites (tertiary alicyclic amines) is 1. The Morgan fingerprint density at radius 3 is 2.37 bits per heavy atom. The van der Waals surface area contributed by atoms with Gasteiger partial charge in [0.1, 0.15) is 0 Å². The number of piperidine rings is 1. The van der Waals surface area contributed by atoms with Crippen molar-refractivity contribution in [1.29, 1.82) is 0 Å². The van der Waals surface area contributed by atoms with Gasteiger partial charge in [-0.3, -0.25) is 4.79 Å². The van der Waals surface area contributed by atoms with Crippen LogP contribution >= 0.6 is 0 Å². The van der Waals surface area contributed by atoms with Gasteiger partial charge in [-0.1, -0.05) is 27.7 Å². The lowest BCUT2D eigenvalue weighted by Gasteiger charge is -2.36. The summed E-state index contributed by atoms with van der Waals surface area (Å²) in [5.74, 6) is 0.631. The first-order chi connectivity index (χ1) is 8.84. The summed E-state index contributed by atoms with van der Waals surface area (Å²) in [5, 5.41) is 3.21. The fourth-order valence-corrected chi connectivity index (χ4v) is 3.88. The smallest absolute Gasteiger partial charge is 0.227 e. The summed E-state index contributed by atoms with van der Waals surface area (Å²) in [7, 11) is 1.99. The highest BCUT2D eigenvalue weighted by atomic mass is 16.2. The molecule has 1 saturated heterocycles. The Hall–Kier alpha value is -0.570. The Labute approximate surface area is 118 Å². The average Bonchev–Trinajstić information content (AvgIpc) is 2.77. The van der Waals surface area contributed by atoms with Gasteiger partial charge in [-0.15, -0.1) is 0 Å². The number of nitrogens with one attached hydrogen (secondary N) is 1. The van der Waals surface area contributed by atoms with Crippen molar-refractivity contribution in [3.05, 3.63) is 0 Å². The monoisotopic (exact) mass is 266 g/mol. The maximum Gasteiger partial charge on any atom is 0.227 e. The molecule has 1 unspecified atom stereocenters. The molecule has 3 nitrogen and oxygen atoms in total. The third-order valence-corrected chi connectivity index (χ3v) is 5.91. The van der Waals surface area contributed by atoms with E-state index >= 15 is 0 Å². The second-order valence-corrected chi connectivity index (χ2v) is 7.45. The number of carbonyl (C=O) groups is 1. The molecule has 110 valence electrons. The number of rotatable bonds is 4.